The van der Waals surface area contributed by atoms with Gasteiger partial charge in [0.2, 0.25) is 5.95 Å². The van der Waals surface area contributed by atoms with Crippen LogP contribution in [-0.4, -0.2) is 54.1 Å². The Morgan fingerprint density at radius 1 is 1.08 bits per heavy atom. The number of nitrogens with zero attached hydrogens (tertiary/aromatic N) is 6. The van der Waals surface area contributed by atoms with E-state index < -0.39 is 17.9 Å². The molecule has 4 heterocycles. The number of alkyl halides is 2. The van der Waals surface area contributed by atoms with Crippen LogP contribution in [-0.2, 0) is 13.1 Å². The van der Waals surface area contributed by atoms with E-state index in [4.69, 9.17) is 0 Å². The number of amides is 1. The van der Waals surface area contributed by atoms with Gasteiger partial charge in [0.1, 0.15) is 17.3 Å². The molecule has 12 heteroatoms. The number of halogens is 2. The molecule has 10 nitrogen and oxygen atoms in total. The van der Waals surface area contributed by atoms with Crippen molar-refractivity contribution in [2.24, 2.45) is 0 Å². The molecule has 1 aliphatic carbocycles. The van der Waals surface area contributed by atoms with Crippen molar-refractivity contribution in [2.75, 3.05) is 16.8 Å². The molecule has 3 aromatic heterocycles. The van der Waals surface area contributed by atoms with Gasteiger partial charge in [-0.05, 0) is 23.8 Å². The Morgan fingerprint density at radius 3 is 2.67 bits per heavy atom. The average Bonchev–Trinajstić information content (AvgIpc) is 3.53. The molecule has 1 amide bonds. The first-order valence-electron chi connectivity index (χ1n) is 11.6. The average molecular weight is 492 g/mol. The van der Waals surface area contributed by atoms with Crippen LogP contribution in [0.2, 0.25) is 0 Å². The van der Waals surface area contributed by atoms with E-state index in [0.29, 0.717) is 37.2 Å². The number of fused-ring (bicyclic) bond motifs is 1. The summed E-state index contributed by atoms with van der Waals surface area (Å²) in [4.78, 5) is 27.9. The minimum absolute atomic E-state index is 0.234. The Hall–Kier alpha value is -4.35. The molecule has 0 spiro atoms. The molecule has 2 aliphatic rings. The van der Waals surface area contributed by atoms with Gasteiger partial charge in [0.25, 0.3) is 11.8 Å². The molecule has 1 fully saturated rings. The molecule has 0 atom stereocenters. The fraction of sp³-hybridized carbons (Fsp3) is 0.292. The van der Waals surface area contributed by atoms with E-state index in [1.165, 1.54) is 0 Å². The lowest BCUT2D eigenvalue weighted by Crippen LogP contribution is -2.50. The first-order chi connectivity index (χ1) is 17.4. The summed E-state index contributed by atoms with van der Waals surface area (Å²) in [7, 11) is 0. The summed E-state index contributed by atoms with van der Waals surface area (Å²) in [5.41, 5.74) is 3.19. The number of rotatable bonds is 6. The maximum Gasteiger partial charge on any atom is 0.271 e. The molecule has 0 saturated heterocycles. The van der Waals surface area contributed by atoms with Gasteiger partial charge < -0.3 is 20.1 Å². The van der Waals surface area contributed by atoms with Crippen molar-refractivity contribution in [3.8, 4) is 11.1 Å². The molecule has 36 heavy (non-hydrogen) atoms. The van der Waals surface area contributed by atoms with Gasteiger partial charge in [0, 0.05) is 61.8 Å². The van der Waals surface area contributed by atoms with E-state index in [-0.39, 0.29) is 18.5 Å². The smallest absolute Gasteiger partial charge is 0.271 e. The van der Waals surface area contributed by atoms with Crippen LogP contribution < -0.4 is 15.5 Å². The third kappa shape index (κ3) is 4.49. The summed E-state index contributed by atoms with van der Waals surface area (Å²) in [5.74, 6) is -1.21. The number of aromatic amines is 1. The highest BCUT2D eigenvalue weighted by Crippen LogP contribution is 2.37. The fourth-order valence-corrected chi connectivity index (χ4v) is 4.43. The summed E-state index contributed by atoms with van der Waals surface area (Å²) >= 11 is 0. The van der Waals surface area contributed by atoms with Crippen LogP contribution in [0.1, 0.15) is 29.2 Å². The molecule has 1 aromatic carbocycles. The number of nitrogens with one attached hydrogen (secondary N) is 3. The van der Waals surface area contributed by atoms with Gasteiger partial charge in [-0.25, -0.2) is 18.7 Å². The number of benzene rings is 1. The number of aromatic nitrogens is 6. The SMILES string of the molecule is O=C(NC1CC(F)(F)C1)c1cn2c(n1)CN(c1nccc(Nc3ccc(-c4cn[nH]c4)cc3)n1)CC2. The van der Waals surface area contributed by atoms with Crippen molar-refractivity contribution < 1.29 is 13.6 Å². The van der Waals surface area contributed by atoms with E-state index in [2.05, 4.69) is 35.8 Å². The molecule has 1 saturated carbocycles. The molecule has 184 valence electrons. The molecule has 0 unspecified atom stereocenters. The van der Waals surface area contributed by atoms with Gasteiger partial charge in [0.15, 0.2) is 0 Å². The van der Waals surface area contributed by atoms with E-state index >= 15 is 0 Å². The van der Waals surface area contributed by atoms with Crippen molar-refractivity contribution >= 4 is 23.4 Å². The number of carbonyl (C=O) groups is 1. The topological polar surface area (TPSA) is 117 Å². The standard InChI is InChI=1S/C24H23F2N9O/c25-24(26)9-18(10-24)31-22(36)19-13-34-7-8-35(14-21(34)32-19)23-27-6-5-20(33-23)30-17-3-1-15(2-4-17)16-11-28-29-12-16/h1-6,11-13,18H,7-10,14H2,(H,28,29)(H,31,36)(H,27,30,33). The zero-order chi connectivity index (χ0) is 24.7. The third-order valence-corrected chi connectivity index (χ3v) is 6.37. The fourth-order valence-electron chi connectivity index (χ4n) is 4.43. The molecular weight excluding hydrogens is 468 g/mol. The molecule has 0 radical (unpaired) electrons. The van der Waals surface area contributed by atoms with Gasteiger partial charge in [-0.1, -0.05) is 12.1 Å². The zero-order valence-electron chi connectivity index (χ0n) is 19.2. The van der Waals surface area contributed by atoms with Crippen molar-refractivity contribution in [3.05, 3.63) is 66.6 Å². The van der Waals surface area contributed by atoms with Crippen LogP contribution in [0.3, 0.4) is 0 Å². The van der Waals surface area contributed by atoms with Crippen LogP contribution >= 0.6 is 0 Å². The lowest BCUT2D eigenvalue weighted by atomic mass is 9.88. The van der Waals surface area contributed by atoms with Crippen LogP contribution in [0.15, 0.2) is 55.1 Å². The summed E-state index contributed by atoms with van der Waals surface area (Å²) in [5, 5.41) is 12.7. The van der Waals surface area contributed by atoms with Crippen molar-refractivity contribution in [2.45, 2.75) is 37.9 Å². The first kappa shape index (κ1) is 22.1. The van der Waals surface area contributed by atoms with E-state index in [1.807, 2.05) is 39.9 Å². The molecular formula is C24H23F2N9O. The van der Waals surface area contributed by atoms with E-state index in [0.717, 1.165) is 16.8 Å². The van der Waals surface area contributed by atoms with Gasteiger partial charge in [-0.3, -0.25) is 9.89 Å². The van der Waals surface area contributed by atoms with Gasteiger partial charge >= 0.3 is 0 Å². The molecule has 1 aliphatic heterocycles. The van der Waals surface area contributed by atoms with Crippen molar-refractivity contribution in [1.82, 2.24) is 35.0 Å². The summed E-state index contributed by atoms with van der Waals surface area (Å²) in [6.07, 6.45) is 6.33. The number of anilines is 3. The minimum Gasteiger partial charge on any atom is -0.347 e. The van der Waals surface area contributed by atoms with Crippen LogP contribution in [0.4, 0.5) is 26.2 Å². The Bertz CT molecular complexity index is 1380. The van der Waals surface area contributed by atoms with Crippen LogP contribution in [0.25, 0.3) is 11.1 Å². The Kier molecular flexibility index (Phi) is 5.35. The summed E-state index contributed by atoms with van der Waals surface area (Å²) in [6, 6.07) is 9.24. The number of carbonyl (C=O) groups excluding carboxylic acids is 1. The molecule has 4 aromatic rings. The number of hydrogen-bond acceptors (Lipinski definition) is 7. The highest BCUT2D eigenvalue weighted by atomic mass is 19.3. The van der Waals surface area contributed by atoms with E-state index in [9.17, 15) is 13.6 Å². The minimum atomic E-state index is -2.68. The zero-order valence-corrected chi connectivity index (χ0v) is 19.2. The Labute approximate surface area is 204 Å². The maximum absolute atomic E-state index is 13.1. The number of H-pyrrole nitrogens is 1. The molecule has 6 rings (SSSR count). The quantitative estimate of drug-likeness (QED) is 0.379. The summed E-state index contributed by atoms with van der Waals surface area (Å²) in [6.45, 7) is 1.67. The van der Waals surface area contributed by atoms with Crippen LogP contribution in [0.5, 0.6) is 0 Å². The van der Waals surface area contributed by atoms with Crippen molar-refractivity contribution in [3.63, 3.8) is 0 Å². The highest BCUT2D eigenvalue weighted by Gasteiger charge is 2.46. The maximum atomic E-state index is 13.1. The third-order valence-electron chi connectivity index (χ3n) is 6.37. The van der Waals surface area contributed by atoms with Gasteiger partial charge in [-0.15, -0.1) is 0 Å². The van der Waals surface area contributed by atoms with Gasteiger partial charge in [-0.2, -0.15) is 10.1 Å². The highest BCUT2D eigenvalue weighted by molar-refractivity contribution is 5.92. The Morgan fingerprint density at radius 2 is 1.92 bits per heavy atom. The predicted octanol–water partition coefficient (Wildman–Crippen LogP) is 3.35. The first-order valence-corrected chi connectivity index (χ1v) is 11.6. The second kappa shape index (κ2) is 8.70. The van der Waals surface area contributed by atoms with E-state index in [1.54, 1.807) is 24.7 Å². The lowest BCUT2D eigenvalue weighted by molar-refractivity contribution is -0.0901. The lowest BCUT2D eigenvalue weighted by Gasteiger charge is -2.35. The Balaban J connectivity index is 1.11. The second-order valence-electron chi connectivity index (χ2n) is 9.02. The second-order valence-corrected chi connectivity index (χ2v) is 9.02. The number of imidazole rings is 1. The number of hydrogen-bond donors (Lipinski definition) is 3. The van der Waals surface area contributed by atoms with Crippen molar-refractivity contribution in [1.29, 1.82) is 0 Å². The monoisotopic (exact) mass is 491 g/mol. The predicted molar refractivity (Wildman–Crippen MR) is 128 cm³/mol. The molecule has 0 bridgehead atoms. The summed E-state index contributed by atoms with van der Waals surface area (Å²) < 4.78 is 28.0. The van der Waals surface area contributed by atoms with Crippen LogP contribution in [0, 0.1) is 0 Å². The normalized spacial score (nSPS) is 16.8. The van der Waals surface area contributed by atoms with Gasteiger partial charge in [0.05, 0.1) is 12.7 Å². The largest absolute Gasteiger partial charge is 0.347 e. The molecule has 3 N–H and O–H groups in total.